The molecule has 0 aliphatic heterocycles. The van der Waals surface area contributed by atoms with Gasteiger partial charge in [0.05, 0.1) is 17.2 Å². The van der Waals surface area contributed by atoms with Crippen molar-refractivity contribution in [2.75, 3.05) is 5.32 Å². The van der Waals surface area contributed by atoms with Crippen molar-refractivity contribution in [1.29, 1.82) is 5.26 Å². The zero-order valence-electron chi connectivity index (χ0n) is 8.92. The van der Waals surface area contributed by atoms with Crippen LogP contribution in [0.15, 0.2) is 48.8 Å². The molecule has 0 fully saturated rings. The fourth-order valence-electron chi connectivity index (χ4n) is 1.33. The Morgan fingerprint density at radius 2 is 2.00 bits per heavy atom. The van der Waals surface area contributed by atoms with Crippen LogP contribution in [-0.4, -0.2) is 10.9 Å². The summed E-state index contributed by atoms with van der Waals surface area (Å²) in [6.07, 6.45) is 3.11. The lowest BCUT2D eigenvalue weighted by atomic mass is 10.2. The molecule has 1 aromatic heterocycles. The van der Waals surface area contributed by atoms with E-state index in [4.69, 9.17) is 5.26 Å². The monoisotopic (exact) mass is 223 g/mol. The van der Waals surface area contributed by atoms with E-state index in [1.54, 1.807) is 42.6 Å². The summed E-state index contributed by atoms with van der Waals surface area (Å²) in [6.45, 7) is 0. The predicted octanol–water partition coefficient (Wildman–Crippen LogP) is 2.21. The fraction of sp³-hybridized carbons (Fsp3) is 0. The van der Waals surface area contributed by atoms with Crippen molar-refractivity contribution >= 4 is 11.6 Å². The number of rotatable bonds is 2. The van der Waals surface area contributed by atoms with Crippen molar-refractivity contribution in [1.82, 2.24) is 4.98 Å². The van der Waals surface area contributed by atoms with Gasteiger partial charge in [-0.1, -0.05) is 0 Å². The molecule has 17 heavy (non-hydrogen) atoms. The van der Waals surface area contributed by atoms with Crippen molar-refractivity contribution in [3.63, 3.8) is 0 Å². The molecule has 0 atom stereocenters. The van der Waals surface area contributed by atoms with Gasteiger partial charge in [0.25, 0.3) is 5.91 Å². The molecular formula is C13H9N3O. The number of amides is 1. The molecule has 0 saturated heterocycles. The zero-order valence-corrected chi connectivity index (χ0v) is 8.92. The maximum Gasteiger partial charge on any atom is 0.257 e. The Hall–Kier alpha value is -2.67. The first kappa shape index (κ1) is 10.8. The van der Waals surface area contributed by atoms with Crippen LogP contribution in [-0.2, 0) is 0 Å². The minimum absolute atomic E-state index is 0.220. The Bertz CT molecular complexity index is 555. The van der Waals surface area contributed by atoms with Crippen LogP contribution in [0.1, 0.15) is 15.9 Å². The van der Waals surface area contributed by atoms with E-state index in [9.17, 15) is 4.79 Å². The number of hydrogen-bond donors (Lipinski definition) is 1. The number of aromatic nitrogens is 1. The summed E-state index contributed by atoms with van der Waals surface area (Å²) in [7, 11) is 0. The molecule has 4 nitrogen and oxygen atoms in total. The van der Waals surface area contributed by atoms with Crippen LogP contribution in [0, 0.1) is 11.3 Å². The highest BCUT2D eigenvalue weighted by Crippen LogP contribution is 2.10. The van der Waals surface area contributed by atoms with E-state index in [-0.39, 0.29) is 5.91 Å². The lowest BCUT2D eigenvalue weighted by Gasteiger charge is -2.04. The summed E-state index contributed by atoms with van der Waals surface area (Å²) < 4.78 is 0. The number of benzene rings is 1. The number of hydrogen-bond acceptors (Lipinski definition) is 3. The molecule has 0 bridgehead atoms. The molecule has 0 radical (unpaired) electrons. The molecule has 0 unspecified atom stereocenters. The second-order valence-electron chi connectivity index (χ2n) is 3.38. The minimum atomic E-state index is -0.220. The number of carbonyl (C=O) groups excluding carboxylic acids is 1. The van der Waals surface area contributed by atoms with E-state index in [0.29, 0.717) is 16.8 Å². The maximum atomic E-state index is 11.8. The SMILES string of the molecule is N#Cc1ccc(NC(=O)c2cccnc2)cc1. The zero-order chi connectivity index (χ0) is 12.1. The van der Waals surface area contributed by atoms with Crippen LogP contribution < -0.4 is 5.32 Å². The van der Waals surface area contributed by atoms with Crippen LogP contribution in [0.3, 0.4) is 0 Å². The van der Waals surface area contributed by atoms with E-state index in [2.05, 4.69) is 10.3 Å². The molecule has 0 aliphatic carbocycles. The van der Waals surface area contributed by atoms with Gasteiger partial charge < -0.3 is 5.32 Å². The molecule has 0 saturated carbocycles. The molecule has 1 amide bonds. The van der Waals surface area contributed by atoms with Crippen molar-refractivity contribution in [2.45, 2.75) is 0 Å². The summed E-state index contributed by atoms with van der Waals surface area (Å²) in [4.78, 5) is 15.6. The maximum absolute atomic E-state index is 11.8. The van der Waals surface area contributed by atoms with Crippen LogP contribution in [0.2, 0.25) is 0 Å². The molecular weight excluding hydrogens is 214 g/mol. The average molecular weight is 223 g/mol. The van der Waals surface area contributed by atoms with Crippen molar-refractivity contribution in [3.8, 4) is 6.07 Å². The van der Waals surface area contributed by atoms with Crippen molar-refractivity contribution < 1.29 is 4.79 Å². The number of nitriles is 1. The molecule has 1 aromatic carbocycles. The lowest BCUT2D eigenvalue weighted by molar-refractivity contribution is 0.102. The Morgan fingerprint density at radius 1 is 1.24 bits per heavy atom. The Labute approximate surface area is 98.5 Å². The van der Waals surface area contributed by atoms with Crippen LogP contribution >= 0.6 is 0 Å². The molecule has 4 heteroatoms. The third-order valence-electron chi connectivity index (χ3n) is 2.20. The molecule has 2 aromatic rings. The normalized spacial score (nSPS) is 9.35. The molecule has 1 N–H and O–H groups in total. The van der Waals surface area contributed by atoms with Gasteiger partial charge in [0.15, 0.2) is 0 Å². The first-order valence-electron chi connectivity index (χ1n) is 5.01. The average Bonchev–Trinajstić information content (AvgIpc) is 2.40. The molecule has 1 heterocycles. The summed E-state index contributed by atoms with van der Waals surface area (Å²) in [5.41, 5.74) is 1.71. The summed E-state index contributed by atoms with van der Waals surface area (Å²) in [5, 5.41) is 11.4. The Kier molecular flexibility index (Phi) is 3.13. The number of nitrogens with one attached hydrogen (secondary N) is 1. The fourth-order valence-corrected chi connectivity index (χ4v) is 1.33. The molecule has 2 rings (SSSR count). The van der Waals surface area contributed by atoms with Gasteiger partial charge >= 0.3 is 0 Å². The Morgan fingerprint density at radius 3 is 2.59 bits per heavy atom. The van der Waals surface area contributed by atoms with Gasteiger partial charge in [-0.2, -0.15) is 5.26 Å². The molecule has 0 spiro atoms. The van der Waals surface area contributed by atoms with Crippen LogP contribution in [0.25, 0.3) is 0 Å². The van der Waals surface area contributed by atoms with E-state index in [1.165, 1.54) is 6.20 Å². The second kappa shape index (κ2) is 4.90. The topological polar surface area (TPSA) is 65.8 Å². The second-order valence-corrected chi connectivity index (χ2v) is 3.38. The smallest absolute Gasteiger partial charge is 0.257 e. The number of pyridine rings is 1. The molecule has 82 valence electrons. The number of carbonyl (C=O) groups is 1. The summed E-state index contributed by atoms with van der Waals surface area (Å²) >= 11 is 0. The third-order valence-corrected chi connectivity index (χ3v) is 2.20. The number of nitrogens with zero attached hydrogens (tertiary/aromatic N) is 2. The highest BCUT2D eigenvalue weighted by Gasteiger charge is 2.05. The van der Waals surface area contributed by atoms with Gasteiger partial charge in [0, 0.05) is 18.1 Å². The van der Waals surface area contributed by atoms with Gasteiger partial charge in [0.1, 0.15) is 0 Å². The van der Waals surface area contributed by atoms with Gasteiger partial charge in [-0.05, 0) is 36.4 Å². The van der Waals surface area contributed by atoms with Crippen molar-refractivity contribution in [2.24, 2.45) is 0 Å². The minimum Gasteiger partial charge on any atom is -0.322 e. The molecule has 0 aliphatic rings. The van der Waals surface area contributed by atoms with Crippen molar-refractivity contribution in [3.05, 3.63) is 59.9 Å². The van der Waals surface area contributed by atoms with E-state index < -0.39 is 0 Å². The first-order valence-corrected chi connectivity index (χ1v) is 5.01. The highest BCUT2D eigenvalue weighted by atomic mass is 16.1. The van der Waals surface area contributed by atoms with Gasteiger partial charge in [-0.3, -0.25) is 9.78 Å². The summed E-state index contributed by atoms with van der Waals surface area (Å²) in [6, 6.07) is 12.1. The standard InChI is InChI=1S/C13H9N3O/c14-8-10-3-5-12(6-4-10)16-13(17)11-2-1-7-15-9-11/h1-7,9H,(H,16,17). The lowest BCUT2D eigenvalue weighted by Crippen LogP contribution is -2.11. The van der Waals surface area contributed by atoms with Crippen LogP contribution in [0.5, 0.6) is 0 Å². The first-order chi connectivity index (χ1) is 8.29. The largest absolute Gasteiger partial charge is 0.322 e. The van der Waals surface area contributed by atoms with E-state index in [1.807, 2.05) is 6.07 Å². The highest BCUT2D eigenvalue weighted by molar-refractivity contribution is 6.03. The van der Waals surface area contributed by atoms with Gasteiger partial charge in [-0.25, -0.2) is 0 Å². The van der Waals surface area contributed by atoms with Gasteiger partial charge in [-0.15, -0.1) is 0 Å². The quantitative estimate of drug-likeness (QED) is 0.848. The van der Waals surface area contributed by atoms with E-state index in [0.717, 1.165) is 0 Å². The third kappa shape index (κ3) is 2.67. The Balaban J connectivity index is 2.11. The van der Waals surface area contributed by atoms with Gasteiger partial charge in [0.2, 0.25) is 0 Å². The van der Waals surface area contributed by atoms with Crippen LogP contribution in [0.4, 0.5) is 5.69 Å². The predicted molar refractivity (Wildman–Crippen MR) is 63.3 cm³/mol. The number of anilines is 1. The van der Waals surface area contributed by atoms with E-state index >= 15 is 0 Å². The summed E-state index contributed by atoms with van der Waals surface area (Å²) in [5.74, 6) is -0.220.